The first kappa shape index (κ1) is 32.6. The Hall–Kier alpha value is -1.87. The topological polar surface area (TPSA) is 306 Å². The molecule has 2 saturated heterocycles. The highest BCUT2D eigenvalue weighted by atomic mass is 31.3. The molecule has 1 aromatic heterocycles. The molecular weight excluding hydrogens is 592 g/mol. The van der Waals surface area contributed by atoms with Gasteiger partial charge >= 0.3 is 21.3 Å². The molecule has 2 aliphatic rings. The van der Waals surface area contributed by atoms with Crippen LogP contribution in [0, 0.1) is 0 Å². The molecule has 2 fully saturated rings. The molecule has 0 bridgehead atoms. The molecule has 20 nitrogen and oxygen atoms in total. The Kier molecular flexibility index (Phi) is 10.6. The summed E-state index contributed by atoms with van der Waals surface area (Å²) in [6, 6.07) is -0.760. The van der Waals surface area contributed by atoms with E-state index in [9.17, 15) is 58.8 Å². The van der Waals surface area contributed by atoms with Gasteiger partial charge in [-0.2, -0.15) is 4.31 Å². The molecule has 1 aromatic rings. The number of phosphoric acid groups is 2. The SMILES string of the molecule is CCC(=O)N[C@H]1[C@@H](OP(=O)(O)OP(=O)(O)OC[C@H]2O[C@@H](n3ccc(=O)[nH]c3=O)[C@H](O)[C@@H]2O)O[C@H](CO)[C@H](O)[C@@H]1O. The largest absolute Gasteiger partial charge is 0.483 e. The van der Waals surface area contributed by atoms with Gasteiger partial charge in [-0.05, 0) is 0 Å². The number of rotatable bonds is 11. The third-order valence-electron chi connectivity index (χ3n) is 5.84. The standard InChI is InChI=1S/C18H29N3O17P2/c1-2-9(23)19-11-14(27)12(25)7(5-22)36-17(11)37-40(32,33)38-39(30,31)34-6-8-13(26)15(28)16(35-8)21-4-3-10(24)20-18(21)29/h3-4,7-8,11-17,22,25-28H,2,5-6H2,1H3,(H,19,23)(H,30,31)(H,32,33)(H,20,24,29)/t7-,8-,11-,12+,13-,14-,15-,16-,17-/m1/s1. The maximum atomic E-state index is 12.5. The van der Waals surface area contributed by atoms with Crippen LogP contribution in [0.3, 0.4) is 0 Å². The van der Waals surface area contributed by atoms with Gasteiger partial charge in [0.25, 0.3) is 5.56 Å². The van der Waals surface area contributed by atoms with E-state index < -0.39 is 101 Å². The predicted molar refractivity (Wildman–Crippen MR) is 125 cm³/mol. The Morgan fingerprint density at radius 1 is 1.05 bits per heavy atom. The first-order chi connectivity index (χ1) is 18.6. The average Bonchev–Trinajstić information content (AvgIpc) is 3.14. The maximum Gasteiger partial charge on any atom is 0.483 e. The Morgan fingerprint density at radius 3 is 2.30 bits per heavy atom. The van der Waals surface area contributed by atoms with E-state index in [4.69, 9.17) is 14.0 Å². The molecule has 0 spiro atoms. The van der Waals surface area contributed by atoms with Crippen molar-refractivity contribution >= 4 is 21.6 Å². The fourth-order valence-corrected chi connectivity index (χ4v) is 5.97. The second-order valence-electron chi connectivity index (χ2n) is 8.64. The maximum absolute atomic E-state index is 12.5. The average molecular weight is 621 g/mol. The number of hydrogen-bond donors (Lipinski definition) is 9. The summed E-state index contributed by atoms with van der Waals surface area (Å²) in [4.78, 5) is 56.9. The van der Waals surface area contributed by atoms with E-state index in [1.165, 1.54) is 6.92 Å². The number of amides is 1. The quantitative estimate of drug-likeness (QED) is 0.106. The van der Waals surface area contributed by atoms with Crippen molar-refractivity contribution in [1.29, 1.82) is 0 Å². The van der Waals surface area contributed by atoms with Crippen LogP contribution >= 0.6 is 15.6 Å². The van der Waals surface area contributed by atoms with Crippen LogP contribution in [-0.2, 0) is 36.8 Å². The third kappa shape index (κ3) is 7.69. The van der Waals surface area contributed by atoms with Crippen molar-refractivity contribution in [1.82, 2.24) is 14.9 Å². The zero-order valence-electron chi connectivity index (χ0n) is 20.5. The number of H-pyrrole nitrogens is 1. The highest BCUT2D eigenvalue weighted by molar-refractivity contribution is 7.61. The number of carbonyl (C=O) groups is 1. The Morgan fingerprint density at radius 2 is 1.70 bits per heavy atom. The number of phosphoric ester groups is 2. The molecule has 40 heavy (non-hydrogen) atoms. The first-order valence-corrected chi connectivity index (χ1v) is 14.5. The highest BCUT2D eigenvalue weighted by Gasteiger charge is 2.50. The van der Waals surface area contributed by atoms with Crippen LogP contribution in [0.1, 0.15) is 19.6 Å². The summed E-state index contributed by atoms with van der Waals surface area (Å²) in [6.45, 7) is -0.502. The minimum Gasteiger partial charge on any atom is -0.394 e. The van der Waals surface area contributed by atoms with E-state index in [0.717, 1.165) is 16.8 Å². The number of aromatic nitrogens is 2. The van der Waals surface area contributed by atoms with Crippen molar-refractivity contribution < 1.29 is 72.1 Å². The summed E-state index contributed by atoms with van der Waals surface area (Å²) in [5.41, 5.74) is -1.75. The summed E-state index contributed by atoms with van der Waals surface area (Å²) in [5.74, 6) is -0.708. The first-order valence-electron chi connectivity index (χ1n) is 11.5. The van der Waals surface area contributed by atoms with Gasteiger partial charge in [0.05, 0.1) is 13.2 Å². The number of aromatic amines is 1. The van der Waals surface area contributed by atoms with Crippen molar-refractivity contribution in [2.24, 2.45) is 0 Å². The molecule has 2 aliphatic heterocycles. The number of hydrogen-bond acceptors (Lipinski definition) is 15. The van der Waals surface area contributed by atoms with Crippen molar-refractivity contribution in [2.75, 3.05) is 13.2 Å². The molecule has 9 N–H and O–H groups in total. The predicted octanol–water partition coefficient (Wildman–Crippen LogP) is -4.26. The molecule has 0 aliphatic carbocycles. The van der Waals surface area contributed by atoms with E-state index in [1.807, 2.05) is 4.98 Å². The van der Waals surface area contributed by atoms with Crippen LogP contribution < -0.4 is 16.6 Å². The number of aliphatic hydroxyl groups excluding tert-OH is 5. The second-order valence-corrected chi connectivity index (χ2v) is 11.6. The van der Waals surface area contributed by atoms with E-state index in [1.54, 1.807) is 0 Å². The third-order valence-corrected chi connectivity index (χ3v) is 8.44. The normalized spacial score (nSPS) is 35.5. The van der Waals surface area contributed by atoms with Crippen LogP contribution in [0.2, 0.25) is 0 Å². The van der Waals surface area contributed by atoms with Gasteiger partial charge in [0, 0.05) is 18.7 Å². The molecule has 0 aromatic carbocycles. The number of ether oxygens (including phenoxy) is 2. The Labute approximate surface area is 223 Å². The second kappa shape index (κ2) is 13.0. The molecule has 1 amide bonds. The van der Waals surface area contributed by atoms with Crippen LogP contribution in [0.5, 0.6) is 0 Å². The molecule has 3 heterocycles. The molecule has 0 saturated carbocycles. The molecule has 228 valence electrons. The lowest BCUT2D eigenvalue weighted by molar-refractivity contribution is -0.248. The van der Waals surface area contributed by atoms with Crippen LogP contribution in [0.25, 0.3) is 0 Å². The van der Waals surface area contributed by atoms with E-state index in [2.05, 4.69) is 14.2 Å². The zero-order chi connectivity index (χ0) is 30.0. The number of nitrogens with zero attached hydrogens (tertiary/aromatic N) is 1. The summed E-state index contributed by atoms with van der Waals surface area (Å²) < 4.78 is 49.5. The van der Waals surface area contributed by atoms with Gasteiger partial charge in [0.15, 0.2) is 12.5 Å². The summed E-state index contributed by atoms with van der Waals surface area (Å²) in [6.07, 6.45) is -13.1. The zero-order valence-corrected chi connectivity index (χ0v) is 22.3. The number of aliphatic hydroxyl groups is 5. The van der Waals surface area contributed by atoms with Crippen molar-refractivity contribution in [3.63, 3.8) is 0 Å². The summed E-state index contributed by atoms with van der Waals surface area (Å²) >= 11 is 0. The minimum absolute atomic E-state index is 0.121. The molecular formula is C18H29N3O17P2. The van der Waals surface area contributed by atoms with Gasteiger partial charge in [-0.25, -0.2) is 13.9 Å². The van der Waals surface area contributed by atoms with Crippen molar-refractivity contribution in [3.8, 4) is 0 Å². The minimum atomic E-state index is -5.64. The fraction of sp³-hybridized carbons (Fsp3) is 0.722. The smallest absolute Gasteiger partial charge is 0.394 e. The van der Waals surface area contributed by atoms with Crippen molar-refractivity contribution in [2.45, 2.75) is 68.5 Å². The monoisotopic (exact) mass is 621 g/mol. The van der Waals surface area contributed by atoms with Crippen molar-refractivity contribution in [3.05, 3.63) is 33.1 Å². The lowest BCUT2D eigenvalue weighted by Crippen LogP contribution is -2.64. The van der Waals surface area contributed by atoms with Gasteiger partial charge in [-0.3, -0.25) is 28.2 Å². The van der Waals surface area contributed by atoms with Gasteiger partial charge < -0.3 is 50.1 Å². The van der Waals surface area contributed by atoms with Gasteiger partial charge in [-0.15, -0.1) is 0 Å². The summed E-state index contributed by atoms with van der Waals surface area (Å²) in [5, 5.41) is 52.3. The highest BCUT2D eigenvalue weighted by Crippen LogP contribution is 2.61. The molecule has 22 heteroatoms. The van der Waals surface area contributed by atoms with Gasteiger partial charge in [0.1, 0.15) is 42.7 Å². The summed E-state index contributed by atoms with van der Waals surface area (Å²) in [7, 11) is -11.2. The van der Waals surface area contributed by atoms with E-state index in [0.29, 0.717) is 0 Å². The lowest BCUT2D eigenvalue weighted by Gasteiger charge is -2.42. The molecule has 11 atom stereocenters. The Balaban J connectivity index is 1.66. The fourth-order valence-electron chi connectivity index (χ4n) is 3.81. The molecule has 2 unspecified atom stereocenters. The van der Waals surface area contributed by atoms with E-state index in [-0.39, 0.29) is 6.42 Å². The van der Waals surface area contributed by atoms with Crippen LogP contribution in [0.4, 0.5) is 0 Å². The lowest BCUT2D eigenvalue weighted by atomic mass is 9.97. The van der Waals surface area contributed by atoms with Gasteiger partial charge in [0.2, 0.25) is 5.91 Å². The Bertz CT molecular complexity index is 1260. The van der Waals surface area contributed by atoms with E-state index >= 15 is 0 Å². The number of nitrogens with one attached hydrogen (secondary N) is 2. The molecule has 3 rings (SSSR count). The van der Waals surface area contributed by atoms with Crippen LogP contribution in [0.15, 0.2) is 21.9 Å². The van der Waals surface area contributed by atoms with Gasteiger partial charge in [-0.1, -0.05) is 6.92 Å². The number of carbonyl (C=O) groups excluding carboxylic acids is 1. The molecule has 0 radical (unpaired) electrons. The van der Waals surface area contributed by atoms with Crippen LogP contribution in [-0.4, -0.2) is 113 Å².